The average molecular weight is 294 g/mol. The zero-order valence-corrected chi connectivity index (χ0v) is 12.1. The van der Waals surface area contributed by atoms with Gasteiger partial charge in [0.05, 0.1) is 17.7 Å². The molecule has 0 spiro atoms. The number of nitriles is 1. The van der Waals surface area contributed by atoms with Gasteiger partial charge in [0.1, 0.15) is 0 Å². The summed E-state index contributed by atoms with van der Waals surface area (Å²) < 4.78 is 1.26. The quantitative estimate of drug-likeness (QED) is 0.767. The lowest BCUT2D eigenvalue weighted by Crippen LogP contribution is -2.12. The molecule has 1 unspecified atom stereocenters. The van der Waals surface area contributed by atoms with Gasteiger partial charge in [-0.3, -0.25) is 0 Å². The molecule has 3 nitrogen and oxygen atoms in total. The number of hydrogen-bond donors (Lipinski definition) is 2. The number of nitrogens with one attached hydrogen (secondary N) is 1. The minimum absolute atomic E-state index is 0.432. The smallest absolute Gasteiger partial charge is 0.0991 e. The van der Waals surface area contributed by atoms with Gasteiger partial charge in [-0.15, -0.1) is 11.3 Å². The summed E-state index contributed by atoms with van der Waals surface area (Å²) in [7, 11) is 0. The van der Waals surface area contributed by atoms with Crippen LogP contribution < -0.4 is 5.32 Å². The van der Waals surface area contributed by atoms with Crippen LogP contribution >= 0.6 is 11.3 Å². The van der Waals surface area contributed by atoms with Crippen LogP contribution in [0.4, 0.5) is 5.69 Å². The van der Waals surface area contributed by atoms with E-state index in [1.165, 1.54) is 10.1 Å². The predicted molar refractivity (Wildman–Crippen MR) is 86.4 cm³/mol. The van der Waals surface area contributed by atoms with Gasteiger partial charge >= 0.3 is 0 Å². The van der Waals surface area contributed by atoms with Gasteiger partial charge in [-0.05, 0) is 52.7 Å². The lowest BCUT2D eigenvalue weighted by Gasteiger charge is -2.13. The Kier molecular flexibility index (Phi) is 3.87. The van der Waals surface area contributed by atoms with Crippen molar-refractivity contribution in [3.63, 3.8) is 0 Å². The molecule has 0 aliphatic rings. The molecule has 0 amide bonds. The number of benzene rings is 2. The molecule has 0 bridgehead atoms. The van der Waals surface area contributed by atoms with E-state index in [4.69, 9.17) is 5.26 Å². The van der Waals surface area contributed by atoms with Crippen molar-refractivity contribution in [2.75, 3.05) is 11.9 Å². The van der Waals surface area contributed by atoms with Crippen molar-refractivity contribution in [3.8, 4) is 6.07 Å². The van der Waals surface area contributed by atoms with E-state index < -0.39 is 6.10 Å². The second-order valence-corrected chi connectivity index (χ2v) is 5.75. The highest BCUT2D eigenvalue weighted by atomic mass is 32.1. The average Bonchev–Trinajstić information content (AvgIpc) is 3.00. The number of aliphatic hydroxyl groups excluding tert-OH is 1. The summed E-state index contributed by atoms with van der Waals surface area (Å²) in [6, 6.07) is 17.3. The Morgan fingerprint density at radius 3 is 2.71 bits per heavy atom. The third-order valence-electron chi connectivity index (χ3n) is 3.38. The lowest BCUT2D eigenvalue weighted by atomic mass is 10.1. The molecule has 1 atom stereocenters. The van der Waals surface area contributed by atoms with Crippen molar-refractivity contribution in [1.82, 2.24) is 0 Å². The Balaban J connectivity index is 1.66. The molecule has 3 rings (SSSR count). The molecule has 0 aliphatic carbocycles. The molecular weight excluding hydrogens is 280 g/mol. The van der Waals surface area contributed by atoms with E-state index in [0.29, 0.717) is 12.1 Å². The molecule has 104 valence electrons. The zero-order chi connectivity index (χ0) is 14.7. The summed E-state index contributed by atoms with van der Waals surface area (Å²) in [6.07, 6.45) is -0.601. The van der Waals surface area contributed by atoms with E-state index in [1.807, 2.05) is 6.07 Å². The summed E-state index contributed by atoms with van der Waals surface area (Å²) >= 11 is 1.72. The van der Waals surface area contributed by atoms with Crippen LogP contribution in [0.2, 0.25) is 0 Å². The van der Waals surface area contributed by atoms with Crippen molar-refractivity contribution in [3.05, 3.63) is 65.0 Å². The van der Waals surface area contributed by atoms with E-state index in [9.17, 15) is 5.11 Å². The summed E-state index contributed by atoms with van der Waals surface area (Å²) in [4.78, 5) is 0. The van der Waals surface area contributed by atoms with E-state index in [0.717, 1.165) is 11.3 Å². The second kappa shape index (κ2) is 5.96. The number of thiophene rings is 1. The first kappa shape index (κ1) is 13.6. The van der Waals surface area contributed by atoms with Crippen LogP contribution in [0, 0.1) is 11.3 Å². The Morgan fingerprint density at radius 1 is 1.14 bits per heavy atom. The molecule has 0 aliphatic heterocycles. The summed E-state index contributed by atoms with van der Waals surface area (Å²) in [5.41, 5.74) is 2.40. The molecule has 0 fully saturated rings. The number of nitrogens with zero attached hydrogens (tertiary/aromatic N) is 1. The number of aliphatic hydroxyl groups is 1. The molecule has 3 aromatic rings. The molecule has 4 heteroatoms. The second-order valence-electron chi connectivity index (χ2n) is 4.80. The number of fused-ring (bicyclic) bond motifs is 1. The number of hydrogen-bond acceptors (Lipinski definition) is 4. The predicted octanol–water partition coefficient (Wildman–Crippen LogP) is 3.92. The fourth-order valence-electron chi connectivity index (χ4n) is 2.19. The Labute approximate surface area is 127 Å². The Hall–Kier alpha value is -2.35. The molecule has 0 saturated heterocycles. The minimum Gasteiger partial charge on any atom is -0.387 e. The maximum Gasteiger partial charge on any atom is 0.0991 e. The van der Waals surface area contributed by atoms with Gasteiger partial charge in [0.25, 0.3) is 0 Å². The first-order valence-electron chi connectivity index (χ1n) is 6.65. The van der Waals surface area contributed by atoms with Crippen LogP contribution in [0.3, 0.4) is 0 Å². The van der Waals surface area contributed by atoms with Crippen molar-refractivity contribution in [2.45, 2.75) is 6.10 Å². The van der Waals surface area contributed by atoms with Crippen LogP contribution in [0.25, 0.3) is 10.1 Å². The first-order valence-corrected chi connectivity index (χ1v) is 7.53. The monoisotopic (exact) mass is 294 g/mol. The van der Waals surface area contributed by atoms with Crippen molar-refractivity contribution in [2.24, 2.45) is 0 Å². The summed E-state index contributed by atoms with van der Waals surface area (Å²) in [5.74, 6) is 0. The third kappa shape index (κ3) is 3.05. The summed E-state index contributed by atoms with van der Waals surface area (Å²) in [5, 5.41) is 25.5. The van der Waals surface area contributed by atoms with E-state index in [1.54, 1.807) is 35.6 Å². The molecule has 1 heterocycles. The molecular formula is C17H14N2OS. The van der Waals surface area contributed by atoms with Crippen molar-refractivity contribution < 1.29 is 5.11 Å². The van der Waals surface area contributed by atoms with Gasteiger partial charge in [-0.25, -0.2) is 0 Å². The molecule has 2 N–H and O–H groups in total. The van der Waals surface area contributed by atoms with Gasteiger partial charge in [-0.2, -0.15) is 5.26 Å². The fraction of sp³-hybridized carbons (Fsp3) is 0.118. The van der Waals surface area contributed by atoms with Gasteiger partial charge < -0.3 is 10.4 Å². The lowest BCUT2D eigenvalue weighted by molar-refractivity contribution is 0.191. The summed E-state index contributed by atoms with van der Waals surface area (Å²) in [6.45, 7) is 0.432. The van der Waals surface area contributed by atoms with Crippen LogP contribution in [-0.4, -0.2) is 11.7 Å². The highest BCUT2D eigenvalue weighted by Crippen LogP contribution is 2.24. The van der Waals surface area contributed by atoms with Gasteiger partial charge in [0.15, 0.2) is 0 Å². The number of rotatable bonds is 4. The maximum absolute atomic E-state index is 10.2. The standard InChI is InChI=1S/C17H14N2OS/c18-10-12-1-3-13(4-2-12)16(20)11-19-15-5-6-17-14(9-15)7-8-21-17/h1-9,16,19-20H,11H2. The normalized spacial score (nSPS) is 12.0. The van der Waals surface area contributed by atoms with E-state index in [-0.39, 0.29) is 0 Å². The van der Waals surface area contributed by atoms with Crippen molar-refractivity contribution in [1.29, 1.82) is 5.26 Å². The molecule has 1 aromatic heterocycles. The largest absolute Gasteiger partial charge is 0.387 e. The molecule has 0 saturated carbocycles. The fourth-order valence-corrected chi connectivity index (χ4v) is 2.96. The topological polar surface area (TPSA) is 56.0 Å². The van der Waals surface area contributed by atoms with E-state index >= 15 is 0 Å². The minimum atomic E-state index is -0.601. The van der Waals surface area contributed by atoms with Crippen molar-refractivity contribution >= 4 is 27.1 Å². The Morgan fingerprint density at radius 2 is 1.95 bits per heavy atom. The molecule has 2 aromatic carbocycles. The van der Waals surface area contributed by atoms with Crippen LogP contribution in [0.5, 0.6) is 0 Å². The molecule has 0 radical (unpaired) electrons. The van der Waals surface area contributed by atoms with Gasteiger partial charge in [0, 0.05) is 16.9 Å². The maximum atomic E-state index is 10.2. The van der Waals surface area contributed by atoms with Gasteiger partial charge in [-0.1, -0.05) is 12.1 Å². The van der Waals surface area contributed by atoms with Crippen LogP contribution in [0.15, 0.2) is 53.9 Å². The Bertz CT molecular complexity index is 786. The van der Waals surface area contributed by atoms with Crippen LogP contribution in [-0.2, 0) is 0 Å². The van der Waals surface area contributed by atoms with Crippen LogP contribution in [0.1, 0.15) is 17.2 Å². The SMILES string of the molecule is N#Cc1ccc(C(O)CNc2ccc3sccc3c2)cc1. The first-order chi connectivity index (χ1) is 10.3. The zero-order valence-electron chi connectivity index (χ0n) is 11.3. The highest BCUT2D eigenvalue weighted by molar-refractivity contribution is 7.17. The highest BCUT2D eigenvalue weighted by Gasteiger charge is 2.07. The van der Waals surface area contributed by atoms with Gasteiger partial charge in [0.2, 0.25) is 0 Å². The number of anilines is 1. The van der Waals surface area contributed by atoms with E-state index in [2.05, 4.69) is 35.0 Å². The third-order valence-corrected chi connectivity index (χ3v) is 4.27. The molecule has 21 heavy (non-hydrogen) atoms.